The molecule has 0 saturated carbocycles. The number of benzene rings is 1. The second-order valence-electron chi connectivity index (χ2n) is 3.98. The molecule has 0 unspecified atom stereocenters. The zero-order chi connectivity index (χ0) is 12.3. The quantitative estimate of drug-likeness (QED) is 0.870. The standard InChI is InChI=1S/C14H16BrNS/c1-3-16-9-11-7-8-13(17-11)12-6-4-5-10(2)14(12)15/h4-8,16H,3,9H2,1-2H3. The van der Waals surface area contributed by atoms with E-state index in [-0.39, 0.29) is 0 Å². The van der Waals surface area contributed by atoms with E-state index in [9.17, 15) is 0 Å². The van der Waals surface area contributed by atoms with E-state index in [2.05, 4.69) is 65.4 Å². The van der Waals surface area contributed by atoms with Gasteiger partial charge in [0.25, 0.3) is 0 Å². The summed E-state index contributed by atoms with van der Waals surface area (Å²) in [6.45, 7) is 6.23. The van der Waals surface area contributed by atoms with Gasteiger partial charge in [-0.15, -0.1) is 11.3 Å². The Bertz CT molecular complexity index is 505. The van der Waals surface area contributed by atoms with Crippen molar-refractivity contribution in [2.45, 2.75) is 20.4 Å². The zero-order valence-corrected chi connectivity index (χ0v) is 12.5. The van der Waals surface area contributed by atoms with Crippen molar-refractivity contribution in [2.75, 3.05) is 6.54 Å². The maximum atomic E-state index is 3.67. The molecule has 0 aliphatic carbocycles. The van der Waals surface area contributed by atoms with Gasteiger partial charge < -0.3 is 5.32 Å². The number of thiophene rings is 1. The van der Waals surface area contributed by atoms with Crippen molar-refractivity contribution in [3.63, 3.8) is 0 Å². The van der Waals surface area contributed by atoms with Crippen molar-refractivity contribution < 1.29 is 0 Å². The molecule has 3 heteroatoms. The molecule has 1 aromatic carbocycles. The summed E-state index contributed by atoms with van der Waals surface area (Å²) in [6.07, 6.45) is 0. The zero-order valence-electron chi connectivity index (χ0n) is 10.1. The Morgan fingerprint density at radius 2 is 2.06 bits per heavy atom. The van der Waals surface area contributed by atoms with Crippen LogP contribution in [0.15, 0.2) is 34.8 Å². The van der Waals surface area contributed by atoms with Crippen molar-refractivity contribution in [3.05, 3.63) is 45.2 Å². The molecule has 0 saturated heterocycles. The lowest BCUT2D eigenvalue weighted by Crippen LogP contribution is -2.10. The van der Waals surface area contributed by atoms with Crippen LogP contribution in [0.1, 0.15) is 17.4 Å². The molecule has 17 heavy (non-hydrogen) atoms. The van der Waals surface area contributed by atoms with Crippen molar-refractivity contribution >= 4 is 27.3 Å². The lowest BCUT2D eigenvalue weighted by Gasteiger charge is -2.04. The molecule has 0 aliphatic heterocycles. The summed E-state index contributed by atoms with van der Waals surface area (Å²) in [5.74, 6) is 0. The van der Waals surface area contributed by atoms with Gasteiger partial charge in [-0.3, -0.25) is 0 Å². The van der Waals surface area contributed by atoms with E-state index in [1.165, 1.54) is 25.4 Å². The van der Waals surface area contributed by atoms with Crippen LogP contribution in [-0.4, -0.2) is 6.54 Å². The summed E-state index contributed by atoms with van der Waals surface area (Å²) in [5.41, 5.74) is 2.57. The molecule has 90 valence electrons. The Morgan fingerprint density at radius 3 is 2.82 bits per heavy atom. The van der Waals surface area contributed by atoms with Crippen LogP contribution in [0.2, 0.25) is 0 Å². The van der Waals surface area contributed by atoms with Crippen LogP contribution in [0.4, 0.5) is 0 Å². The van der Waals surface area contributed by atoms with Crippen LogP contribution in [0.5, 0.6) is 0 Å². The SMILES string of the molecule is CCNCc1ccc(-c2cccc(C)c2Br)s1. The maximum Gasteiger partial charge on any atom is 0.0357 e. The molecule has 1 N–H and O–H groups in total. The molecule has 0 spiro atoms. The fraction of sp³-hybridized carbons (Fsp3) is 0.286. The first-order chi connectivity index (χ1) is 8.22. The minimum absolute atomic E-state index is 0.963. The molecule has 2 aromatic rings. The second kappa shape index (κ2) is 5.80. The molecule has 0 aliphatic rings. The van der Waals surface area contributed by atoms with Gasteiger partial charge >= 0.3 is 0 Å². The van der Waals surface area contributed by atoms with Crippen molar-refractivity contribution in [1.82, 2.24) is 5.32 Å². The average molecular weight is 310 g/mol. The number of nitrogens with one attached hydrogen (secondary N) is 1. The summed E-state index contributed by atoms with van der Waals surface area (Å²) in [6, 6.07) is 10.8. The first-order valence-electron chi connectivity index (χ1n) is 5.77. The summed E-state index contributed by atoms with van der Waals surface area (Å²) in [7, 11) is 0. The first kappa shape index (κ1) is 12.8. The molecular weight excluding hydrogens is 294 g/mol. The van der Waals surface area contributed by atoms with E-state index >= 15 is 0 Å². The molecule has 0 atom stereocenters. The molecule has 1 heterocycles. The highest BCUT2D eigenvalue weighted by atomic mass is 79.9. The Morgan fingerprint density at radius 1 is 1.24 bits per heavy atom. The van der Waals surface area contributed by atoms with E-state index in [0.29, 0.717) is 0 Å². The highest BCUT2D eigenvalue weighted by Crippen LogP contribution is 2.35. The fourth-order valence-electron chi connectivity index (χ4n) is 1.70. The summed E-state index contributed by atoms with van der Waals surface area (Å²) in [5, 5.41) is 3.35. The summed E-state index contributed by atoms with van der Waals surface area (Å²) >= 11 is 5.53. The molecular formula is C14H16BrNS. The Hall–Kier alpha value is -0.640. The minimum atomic E-state index is 0.963. The fourth-order valence-corrected chi connectivity index (χ4v) is 3.32. The third-order valence-electron chi connectivity index (χ3n) is 2.67. The van der Waals surface area contributed by atoms with Crippen LogP contribution in [0.25, 0.3) is 10.4 Å². The van der Waals surface area contributed by atoms with E-state index < -0.39 is 0 Å². The summed E-state index contributed by atoms with van der Waals surface area (Å²) in [4.78, 5) is 2.71. The third kappa shape index (κ3) is 2.97. The van der Waals surface area contributed by atoms with Gasteiger partial charge in [0.2, 0.25) is 0 Å². The van der Waals surface area contributed by atoms with Gasteiger partial charge in [-0.1, -0.05) is 25.1 Å². The predicted octanol–water partition coefficient (Wildman–Crippen LogP) is 4.60. The second-order valence-corrected chi connectivity index (χ2v) is 5.94. The molecule has 0 radical (unpaired) electrons. The van der Waals surface area contributed by atoms with Gasteiger partial charge in [-0.2, -0.15) is 0 Å². The van der Waals surface area contributed by atoms with E-state index in [1.54, 1.807) is 0 Å². The van der Waals surface area contributed by atoms with Crippen LogP contribution in [0, 0.1) is 6.92 Å². The molecule has 0 bridgehead atoms. The van der Waals surface area contributed by atoms with Gasteiger partial charge in [-0.25, -0.2) is 0 Å². The van der Waals surface area contributed by atoms with Gasteiger partial charge in [0.15, 0.2) is 0 Å². The lowest BCUT2D eigenvalue weighted by atomic mass is 10.1. The number of hydrogen-bond acceptors (Lipinski definition) is 2. The van der Waals surface area contributed by atoms with Gasteiger partial charge in [0.1, 0.15) is 0 Å². The molecule has 1 nitrogen and oxygen atoms in total. The van der Waals surface area contributed by atoms with E-state index in [0.717, 1.165) is 13.1 Å². The number of rotatable bonds is 4. The monoisotopic (exact) mass is 309 g/mol. The topological polar surface area (TPSA) is 12.0 Å². The molecule has 1 aromatic heterocycles. The van der Waals surface area contributed by atoms with Crippen LogP contribution < -0.4 is 5.32 Å². The smallest absolute Gasteiger partial charge is 0.0357 e. The molecule has 0 fully saturated rings. The predicted molar refractivity (Wildman–Crippen MR) is 79.6 cm³/mol. The maximum absolute atomic E-state index is 3.67. The van der Waals surface area contributed by atoms with Crippen molar-refractivity contribution in [2.24, 2.45) is 0 Å². The highest BCUT2D eigenvalue weighted by Gasteiger charge is 2.07. The minimum Gasteiger partial charge on any atom is -0.312 e. The van der Waals surface area contributed by atoms with Crippen molar-refractivity contribution in [1.29, 1.82) is 0 Å². The lowest BCUT2D eigenvalue weighted by molar-refractivity contribution is 0.735. The number of aryl methyl sites for hydroxylation is 1. The Balaban J connectivity index is 2.27. The van der Waals surface area contributed by atoms with Crippen LogP contribution in [-0.2, 0) is 6.54 Å². The van der Waals surface area contributed by atoms with Gasteiger partial charge in [-0.05, 0) is 47.1 Å². The van der Waals surface area contributed by atoms with Crippen LogP contribution >= 0.6 is 27.3 Å². The largest absolute Gasteiger partial charge is 0.312 e. The number of hydrogen-bond donors (Lipinski definition) is 1. The Kier molecular flexibility index (Phi) is 4.37. The van der Waals surface area contributed by atoms with Gasteiger partial charge in [0.05, 0.1) is 0 Å². The van der Waals surface area contributed by atoms with Crippen LogP contribution in [0.3, 0.4) is 0 Å². The summed E-state index contributed by atoms with van der Waals surface area (Å²) < 4.78 is 1.21. The molecule has 2 rings (SSSR count). The van der Waals surface area contributed by atoms with E-state index in [1.807, 2.05) is 11.3 Å². The normalized spacial score (nSPS) is 10.8. The first-order valence-corrected chi connectivity index (χ1v) is 7.38. The Labute approximate surface area is 115 Å². The number of halogens is 1. The van der Waals surface area contributed by atoms with Gasteiger partial charge in [0, 0.05) is 26.3 Å². The van der Waals surface area contributed by atoms with Crippen molar-refractivity contribution in [3.8, 4) is 10.4 Å². The third-order valence-corrected chi connectivity index (χ3v) is 4.84. The van der Waals surface area contributed by atoms with E-state index in [4.69, 9.17) is 0 Å². The average Bonchev–Trinajstić information content (AvgIpc) is 2.78. The highest BCUT2D eigenvalue weighted by molar-refractivity contribution is 9.10. The molecule has 0 amide bonds.